The van der Waals surface area contributed by atoms with Gasteiger partial charge in [0.1, 0.15) is 5.75 Å². The average Bonchev–Trinajstić information content (AvgIpc) is 2.01. The molecule has 0 heterocycles. The van der Waals surface area contributed by atoms with Gasteiger partial charge in [-0.3, -0.25) is 4.84 Å². The van der Waals surface area contributed by atoms with Gasteiger partial charge < -0.3 is 4.74 Å². The Bertz CT molecular complexity index is 225. The summed E-state index contributed by atoms with van der Waals surface area (Å²) in [6.45, 7) is 2.08. The van der Waals surface area contributed by atoms with Crippen LogP contribution in [0.3, 0.4) is 0 Å². The molecule has 3 heteroatoms. The first kappa shape index (κ1) is 8.04. The summed E-state index contributed by atoms with van der Waals surface area (Å²) in [6.07, 6.45) is 0. The highest BCUT2D eigenvalue weighted by Crippen LogP contribution is 2.11. The van der Waals surface area contributed by atoms with Gasteiger partial charge in [-0.1, -0.05) is 12.1 Å². The maximum absolute atomic E-state index is 5.09. The highest BCUT2D eigenvalue weighted by Gasteiger charge is 1.91. The first-order valence-corrected chi connectivity index (χ1v) is 3.34. The van der Waals surface area contributed by atoms with Crippen LogP contribution in [-0.4, -0.2) is 6.79 Å². The van der Waals surface area contributed by atoms with Gasteiger partial charge in [-0.15, -0.1) is 0 Å². The standard InChI is InChI=1S/C8H11NO2/c1-7-3-2-4-8(5-7)10-6-11-9/h2-5H,6,9H2,1H3. The van der Waals surface area contributed by atoms with E-state index in [9.17, 15) is 0 Å². The molecule has 2 N–H and O–H groups in total. The van der Waals surface area contributed by atoms with Crippen LogP contribution in [0.15, 0.2) is 24.3 Å². The molecule has 0 radical (unpaired) electrons. The normalized spacial score (nSPS) is 9.64. The van der Waals surface area contributed by atoms with Crippen molar-refractivity contribution in [2.45, 2.75) is 6.92 Å². The predicted octanol–water partition coefficient (Wildman–Crippen LogP) is 1.22. The fourth-order valence-electron chi connectivity index (χ4n) is 0.807. The largest absolute Gasteiger partial charge is 0.466 e. The molecule has 3 nitrogen and oxygen atoms in total. The average molecular weight is 153 g/mol. The summed E-state index contributed by atoms with van der Waals surface area (Å²) < 4.78 is 5.09. The number of nitrogens with two attached hydrogens (primary N) is 1. The van der Waals surface area contributed by atoms with E-state index in [0.717, 1.165) is 11.3 Å². The summed E-state index contributed by atoms with van der Waals surface area (Å²) in [5.41, 5.74) is 1.15. The van der Waals surface area contributed by atoms with Crippen molar-refractivity contribution in [3.05, 3.63) is 29.8 Å². The topological polar surface area (TPSA) is 44.5 Å². The molecular formula is C8H11NO2. The lowest BCUT2D eigenvalue weighted by Crippen LogP contribution is -2.07. The molecule has 0 saturated carbocycles. The Morgan fingerprint density at radius 1 is 1.45 bits per heavy atom. The highest BCUT2D eigenvalue weighted by atomic mass is 16.7. The predicted molar refractivity (Wildman–Crippen MR) is 41.9 cm³/mol. The molecule has 0 aromatic heterocycles. The van der Waals surface area contributed by atoms with Gasteiger partial charge in [-0.05, 0) is 24.6 Å². The number of ether oxygens (including phenoxy) is 1. The van der Waals surface area contributed by atoms with Crippen LogP contribution in [0.5, 0.6) is 5.75 Å². The van der Waals surface area contributed by atoms with E-state index in [-0.39, 0.29) is 6.79 Å². The van der Waals surface area contributed by atoms with Gasteiger partial charge in [0.05, 0.1) is 0 Å². The molecule has 0 unspecified atom stereocenters. The van der Waals surface area contributed by atoms with E-state index in [1.54, 1.807) is 0 Å². The van der Waals surface area contributed by atoms with Crippen molar-refractivity contribution in [2.75, 3.05) is 6.79 Å². The van der Waals surface area contributed by atoms with Crippen LogP contribution in [0.4, 0.5) is 0 Å². The summed E-state index contributed by atoms with van der Waals surface area (Å²) in [7, 11) is 0. The van der Waals surface area contributed by atoms with E-state index in [0.29, 0.717) is 0 Å². The molecule has 1 aromatic rings. The van der Waals surface area contributed by atoms with Crippen molar-refractivity contribution in [3.8, 4) is 5.75 Å². The number of hydrogen-bond acceptors (Lipinski definition) is 3. The Hall–Kier alpha value is -1.06. The van der Waals surface area contributed by atoms with Crippen LogP contribution in [-0.2, 0) is 4.84 Å². The molecule has 0 bridgehead atoms. The molecule has 0 amide bonds. The summed E-state index contributed by atoms with van der Waals surface area (Å²) in [6, 6.07) is 7.68. The molecular weight excluding hydrogens is 142 g/mol. The zero-order valence-electron chi connectivity index (χ0n) is 6.41. The molecule has 11 heavy (non-hydrogen) atoms. The molecule has 1 aromatic carbocycles. The van der Waals surface area contributed by atoms with E-state index in [1.807, 2.05) is 31.2 Å². The Morgan fingerprint density at radius 3 is 2.91 bits per heavy atom. The van der Waals surface area contributed by atoms with Gasteiger partial charge in [-0.2, -0.15) is 0 Å². The summed E-state index contributed by atoms with van der Waals surface area (Å²) in [4.78, 5) is 4.26. The van der Waals surface area contributed by atoms with Crippen molar-refractivity contribution in [1.82, 2.24) is 0 Å². The minimum atomic E-state index is 0.0868. The van der Waals surface area contributed by atoms with Crippen molar-refractivity contribution in [1.29, 1.82) is 0 Å². The Morgan fingerprint density at radius 2 is 2.27 bits per heavy atom. The van der Waals surface area contributed by atoms with E-state index in [1.165, 1.54) is 0 Å². The third-order valence-corrected chi connectivity index (χ3v) is 1.28. The number of rotatable bonds is 3. The van der Waals surface area contributed by atoms with Crippen molar-refractivity contribution in [3.63, 3.8) is 0 Å². The van der Waals surface area contributed by atoms with Crippen LogP contribution in [0.1, 0.15) is 5.56 Å². The van der Waals surface area contributed by atoms with Gasteiger partial charge in [0.15, 0.2) is 0 Å². The fourth-order valence-corrected chi connectivity index (χ4v) is 0.807. The second-order valence-corrected chi connectivity index (χ2v) is 2.25. The first-order chi connectivity index (χ1) is 5.33. The van der Waals surface area contributed by atoms with Gasteiger partial charge >= 0.3 is 0 Å². The van der Waals surface area contributed by atoms with E-state index < -0.39 is 0 Å². The monoisotopic (exact) mass is 153 g/mol. The number of aryl methyl sites for hydroxylation is 1. The maximum atomic E-state index is 5.09. The van der Waals surface area contributed by atoms with E-state index >= 15 is 0 Å². The summed E-state index contributed by atoms with van der Waals surface area (Å²) in [5, 5.41) is 0. The van der Waals surface area contributed by atoms with Crippen LogP contribution < -0.4 is 10.6 Å². The molecule has 1 rings (SSSR count). The van der Waals surface area contributed by atoms with Gasteiger partial charge in [0.2, 0.25) is 6.79 Å². The molecule has 0 spiro atoms. The third kappa shape index (κ3) is 2.57. The van der Waals surface area contributed by atoms with E-state index in [4.69, 9.17) is 10.6 Å². The second-order valence-electron chi connectivity index (χ2n) is 2.25. The second kappa shape index (κ2) is 3.95. The Balaban J connectivity index is 2.56. The zero-order valence-corrected chi connectivity index (χ0v) is 6.41. The highest BCUT2D eigenvalue weighted by molar-refractivity contribution is 5.27. The molecule has 60 valence electrons. The maximum Gasteiger partial charge on any atom is 0.207 e. The molecule has 0 aliphatic carbocycles. The minimum absolute atomic E-state index is 0.0868. The molecule has 0 saturated heterocycles. The first-order valence-electron chi connectivity index (χ1n) is 3.34. The third-order valence-electron chi connectivity index (χ3n) is 1.28. The smallest absolute Gasteiger partial charge is 0.207 e. The van der Waals surface area contributed by atoms with Crippen LogP contribution in [0.25, 0.3) is 0 Å². The lowest BCUT2D eigenvalue weighted by atomic mass is 10.2. The minimum Gasteiger partial charge on any atom is -0.466 e. The summed E-state index contributed by atoms with van der Waals surface area (Å²) in [5.74, 6) is 5.56. The van der Waals surface area contributed by atoms with Crippen LogP contribution in [0.2, 0.25) is 0 Å². The van der Waals surface area contributed by atoms with Crippen molar-refractivity contribution >= 4 is 0 Å². The molecule has 0 atom stereocenters. The molecule has 0 fully saturated rings. The van der Waals surface area contributed by atoms with Gasteiger partial charge in [0.25, 0.3) is 0 Å². The lowest BCUT2D eigenvalue weighted by molar-refractivity contribution is 0.0145. The van der Waals surface area contributed by atoms with Crippen LogP contribution >= 0.6 is 0 Å². The van der Waals surface area contributed by atoms with Gasteiger partial charge in [0, 0.05) is 0 Å². The Kier molecular flexibility index (Phi) is 2.89. The fraction of sp³-hybridized carbons (Fsp3) is 0.250. The number of benzene rings is 1. The molecule has 0 aliphatic heterocycles. The number of hydrogen-bond donors (Lipinski definition) is 1. The Labute approximate surface area is 65.7 Å². The SMILES string of the molecule is Cc1cccc(OCON)c1. The zero-order chi connectivity index (χ0) is 8.10. The molecule has 0 aliphatic rings. The summed E-state index contributed by atoms with van der Waals surface area (Å²) >= 11 is 0. The van der Waals surface area contributed by atoms with E-state index in [2.05, 4.69) is 4.84 Å². The van der Waals surface area contributed by atoms with Crippen LogP contribution in [0, 0.1) is 6.92 Å². The quantitative estimate of drug-likeness (QED) is 0.524. The lowest BCUT2D eigenvalue weighted by Gasteiger charge is -2.03. The van der Waals surface area contributed by atoms with Crippen molar-refractivity contribution in [2.24, 2.45) is 5.90 Å². The van der Waals surface area contributed by atoms with Crippen molar-refractivity contribution < 1.29 is 9.57 Å². The van der Waals surface area contributed by atoms with Gasteiger partial charge in [-0.25, -0.2) is 5.90 Å².